The first-order valence-corrected chi connectivity index (χ1v) is 7.17. The van der Waals surface area contributed by atoms with Gasteiger partial charge >= 0.3 is 0 Å². The second-order valence-electron chi connectivity index (χ2n) is 5.48. The van der Waals surface area contributed by atoms with Gasteiger partial charge in [0.1, 0.15) is 5.75 Å². The molecule has 18 heavy (non-hydrogen) atoms. The summed E-state index contributed by atoms with van der Waals surface area (Å²) in [5.41, 5.74) is 9.45. The molecule has 0 atom stereocenters. The lowest BCUT2D eigenvalue weighted by atomic mass is 9.97. The normalized spacial score (nSPS) is 16.8. The first-order valence-electron chi connectivity index (χ1n) is 7.17. The molecule has 0 amide bonds. The second-order valence-corrected chi connectivity index (χ2v) is 5.48. The van der Waals surface area contributed by atoms with E-state index < -0.39 is 0 Å². The summed E-state index contributed by atoms with van der Waals surface area (Å²) in [4.78, 5) is 0. The van der Waals surface area contributed by atoms with Crippen LogP contribution in [0.1, 0.15) is 48.8 Å². The molecule has 0 unspecified atom stereocenters. The van der Waals surface area contributed by atoms with Crippen LogP contribution in [-0.4, -0.2) is 12.6 Å². The summed E-state index contributed by atoms with van der Waals surface area (Å²) in [7, 11) is 0. The summed E-state index contributed by atoms with van der Waals surface area (Å²) in [5.74, 6) is 1.10. The molecule has 0 radical (unpaired) electrons. The smallest absolute Gasteiger partial charge is 0.125 e. The van der Waals surface area contributed by atoms with Crippen molar-refractivity contribution in [1.29, 1.82) is 0 Å². The van der Waals surface area contributed by atoms with Crippen LogP contribution in [0.25, 0.3) is 0 Å². The van der Waals surface area contributed by atoms with E-state index in [1.165, 1.54) is 48.8 Å². The molecule has 0 aliphatic heterocycles. The van der Waals surface area contributed by atoms with Gasteiger partial charge in [0.2, 0.25) is 0 Å². The number of aryl methyl sites for hydroxylation is 2. The Bertz CT molecular complexity index is 371. The molecule has 2 nitrogen and oxygen atoms in total. The van der Waals surface area contributed by atoms with Crippen molar-refractivity contribution < 1.29 is 4.74 Å². The number of ether oxygens (including phenoxy) is 1. The Labute approximate surface area is 111 Å². The third kappa shape index (κ3) is 3.26. The number of benzene rings is 1. The lowest BCUT2D eigenvalue weighted by Crippen LogP contribution is -2.20. The molecule has 1 saturated carbocycles. The molecule has 1 fully saturated rings. The number of nitrogens with two attached hydrogens (primary N) is 1. The summed E-state index contributed by atoms with van der Waals surface area (Å²) in [6.07, 6.45) is 7.80. The second kappa shape index (κ2) is 6.24. The zero-order chi connectivity index (χ0) is 13.0. The van der Waals surface area contributed by atoms with E-state index in [-0.39, 0.29) is 0 Å². The fraction of sp³-hybridized carbons (Fsp3) is 0.625. The molecular formula is C16H25NO. The highest BCUT2D eigenvalue weighted by Gasteiger charge is 2.17. The largest absolute Gasteiger partial charge is 0.490 e. The zero-order valence-corrected chi connectivity index (χ0v) is 11.7. The van der Waals surface area contributed by atoms with Crippen LogP contribution in [0, 0.1) is 13.8 Å². The molecule has 2 N–H and O–H groups in total. The van der Waals surface area contributed by atoms with Gasteiger partial charge in [-0.15, -0.1) is 0 Å². The topological polar surface area (TPSA) is 35.2 Å². The third-order valence-corrected chi connectivity index (χ3v) is 3.79. The Kier molecular flexibility index (Phi) is 4.65. The van der Waals surface area contributed by atoms with Crippen molar-refractivity contribution in [2.75, 3.05) is 6.54 Å². The first-order chi connectivity index (χ1) is 8.70. The fourth-order valence-electron chi connectivity index (χ4n) is 2.89. The number of hydrogen-bond acceptors (Lipinski definition) is 2. The maximum atomic E-state index is 6.22. The molecule has 0 spiro atoms. The van der Waals surface area contributed by atoms with E-state index in [2.05, 4.69) is 26.0 Å². The van der Waals surface area contributed by atoms with Crippen LogP contribution in [0.3, 0.4) is 0 Å². The lowest BCUT2D eigenvalue weighted by Gasteiger charge is -2.25. The molecule has 0 bridgehead atoms. The summed E-state index contributed by atoms with van der Waals surface area (Å²) in [6.45, 7) is 5.00. The van der Waals surface area contributed by atoms with E-state index in [0.717, 1.165) is 12.2 Å². The quantitative estimate of drug-likeness (QED) is 0.883. The van der Waals surface area contributed by atoms with Crippen molar-refractivity contribution in [1.82, 2.24) is 0 Å². The minimum atomic E-state index is 0.427. The number of rotatable bonds is 4. The highest BCUT2D eigenvalue weighted by Crippen LogP contribution is 2.29. The maximum absolute atomic E-state index is 6.22. The van der Waals surface area contributed by atoms with Gasteiger partial charge in [0.15, 0.2) is 0 Å². The van der Waals surface area contributed by atoms with Crippen molar-refractivity contribution in [2.45, 2.75) is 58.5 Å². The number of hydrogen-bond donors (Lipinski definition) is 1. The fourth-order valence-corrected chi connectivity index (χ4v) is 2.89. The SMILES string of the molecule is Cc1cc(CCN)cc(C)c1OC1CCCCC1. The minimum Gasteiger partial charge on any atom is -0.490 e. The summed E-state index contributed by atoms with van der Waals surface area (Å²) >= 11 is 0. The van der Waals surface area contributed by atoms with E-state index >= 15 is 0 Å². The molecule has 1 aliphatic rings. The molecule has 1 aromatic carbocycles. The Morgan fingerprint density at radius 2 is 1.72 bits per heavy atom. The Hall–Kier alpha value is -1.02. The predicted octanol–water partition coefficient (Wildman–Crippen LogP) is 3.52. The van der Waals surface area contributed by atoms with Gasteiger partial charge < -0.3 is 10.5 Å². The Morgan fingerprint density at radius 3 is 2.28 bits per heavy atom. The van der Waals surface area contributed by atoms with Crippen LogP contribution < -0.4 is 10.5 Å². The molecule has 1 aromatic rings. The van der Waals surface area contributed by atoms with Gasteiger partial charge in [-0.1, -0.05) is 18.6 Å². The molecule has 0 saturated heterocycles. The van der Waals surface area contributed by atoms with Crippen LogP contribution in [0.2, 0.25) is 0 Å². The van der Waals surface area contributed by atoms with E-state index in [9.17, 15) is 0 Å². The van der Waals surface area contributed by atoms with Crippen LogP contribution in [0.4, 0.5) is 0 Å². The Balaban J connectivity index is 2.11. The summed E-state index contributed by atoms with van der Waals surface area (Å²) in [6, 6.07) is 4.44. The van der Waals surface area contributed by atoms with Gasteiger partial charge in [0.05, 0.1) is 6.10 Å². The average molecular weight is 247 g/mol. The molecule has 0 heterocycles. The lowest BCUT2D eigenvalue weighted by molar-refractivity contribution is 0.153. The molecular weight excluding hydrogens is 222 g/mol. The van der Waals surface area contributed by atoms with E-state index in [4.69, 9.17) is 10.5 Å². The van der Waals surface area contributed by atoms with Gasteiger partial charge in [-0.05, 0) is 69.2 Å². The van der Waals surface area contributed by atoms with Crippen LogP contribution >= 0.6 is 0 Å². The van der Waals surface area contributed by atoms with Crippen molar-refractivity contribution in [3.05, 3.63) is 28.8 Å². The molecule has 2 heteroatoms. The van der Waals surface area contributed by atoms with Crippen LogP contribution in [0.5, 0.6) is 5.75 Å². The minimum absolute atomic E-state index is 0.427. The highest BCUT2D eigenvalue weighted by molar-refractivity contribution is 5.43. The molecule has 1 aliphatic carbocycles. The van der Waals surface area contributed by atoms with Gasteiger partial charge in [-0.3, -0.25) is 0 Å². The maximum Gasteiger partial charge on any atom is 0.125 e. The van der Waals surface area contributed by atoms with E-state index in [0.29, 0.717) is 12.6 Å². The highest BCUT2D eigenvalue weighted by atomic mass is 16.5. The van der Waals surface area contributed by atoms with Gasteiger partial charge in [0, 0.05) is 0 Å². The average Bonchev–Trinajstić information content (AvgIpc) is 2.36. The van der Waals surface area contributed by atoms with E-state index in [1.807, 2.05) is 0 Å². The van der Waals surface area contributed by atoms with Crippen molar-refractivity contribution in [3.8, 4) is 5.75 Å². The standard InChI is InChI=1S/C16H25NO/c1-12-10-14(8-9-17)11-13(2)16(12)18-15-6-4-3-5-7-15/h10-11,15H,3-9,17H2,1-2H3. The zero-order valence-electron chi connectivity index (χ0n) is 11.7. The molecule has 2 rings (SSSR count). The van der Waals surface area contributed by atoms with Crippen molar-refractivity contribution in [3.63, 3.8) is 0 Å². The molecule has 0 aromatic heterocycles. The van der Waals surface area contributed by atoms with Gasteiger partial charge in [-0.2, -0.15) is 0 Å². The van der Waals surface area contributed by atoms with Crippen molar-refractivity contribution in [2.24, 2.45) is 5.73 Å². The third-order valence-electron chi connectivity index (χ3n) is 3.79. The van der Waals surface area contributed by atoms with Gasteiger partial charge in [-0.25, -0.2) is 0 Å². The van der Waals surface area contributed by atoms with Crippen LogP contribution in [0.15, 0.2) is 12.1 Å². The first kappa shape index (κ1) is 13.4. The summed E-state index contributed by atoms with van der Waals surface area (Å²) < 4.78 is 6.22. The monoisotopic (exact) mass is 247 g/mol. The van der Waals surface area contributed by atoms with Crippen molar-refractivity contribution >= 4 is 0 Å². The predicted molar refractivity (Wildman–Crippen MR) is 76.2 cm³/mol. The Morgan fingerprint density at radius 1 is 1.11 bits per heavy atom. The van der Waals surface area contributed by atoms with Gasteiger partial charge in [0.25, 0.3) is 0 Å². The van der Waals surface area contributed by atoms with E-state index in [1.54, 1.807) is 0 Å². The van der Waals surface area contributed by atoms with Crippen LogP contribution in [-0.2, 0) is 6.42 Å². The molecule has 100 valence electrons. The summed E-state index contributed by atoms with van der Waals surface area (Å²) in [5, 5.41) is 0.